The Morgan fingerprint density at radius 1 is 0.880 bits per heavy atom. The van der Waals surface area contributed by atoms with Gasteiger partial charge in [-0.15, -0.1) is 0 Å². The van der Waals surface area contributed by atoms with E-state index in [-0.39, 0.29) is 0 Å². The number of para-hydroxylation sites is 1. The first-order valence-electron chi connectivity index (χ1n) is 8.30. The van der Waals surface area contributed by atoms with E-state index in [0.717, 1.165) is 16.9 Å². The van der Waals surface area contributed by atoms with Crippen molar-refractivity contribution in [2.45, 2.75) is 12.3 Å². The van der Waals surface area contributed by atoms with E-state index in [4.69, 9.17) is 5.26 Å². The Bertz CT molecular complexity index is 992. The van der Waals surface area contributed by atoms with Gasteiger partial charge in [-0.1, -0.05) is 66.7 Å². The summed E-state index contributed by atoms with van der Waals surface area (Å²) in [5, 5.41) is 12.6. The highest BCUT2D eigenvalue weighted by Crippen LogP contribution is 2.51. The van der Waals surface area contributed by atoms with Gasteiger partial charge >= 0.3 is 0 Å². The molecule has 1 heterocycles. The number of hydrogen-bond donors (Lipinski definition) is 1. The zero-order valence-corrected chi connectivity index (χ0v) is 14.1. The first kappa shape index (κ1) is 15.2. The summed E-state index contributed by atoms with van der Waals surface area (Å²) in [5.74, 6) is 0. The Hall–Kier alpha value is -3.31. The van der Waals surface area contributed by atoms with Crippen molar-refractivity contribution in [2.24, 2.45) is 0 Å². The van der Waals surface area contributed by atoms with Crippen molar-refractivity contribution in [3.05, 3.63) is 113 Å². The molecule has 1 aliphatic heterocycles. The van der Waals surface area contributed by atoms with Crippen LogP contribution in [0.2, 0.25) is 0 Å². The average molecular weight is 322 g/mol. The number of hydrogen-bond acceptors (Lipinski definition) is 2. The van der Waals surface area contributed by atoms with Crippen molar-refractivity contribution in [2.75, 3.05) is 5.32 Å². The Morgan fingerprint density at radius 2 is 1.48 bits per heavy atom. The van der Waals surface area contributed by atoms with Gasteiger partial charge in [-0.25, -0.2) is 0 Å². The number of nitrogens with one attached hydrogen (secondary N) is 1. The van der Waals surface area contributed by atoms with E-state index in [0.29, 0.717) is 5.56 Å². The molecule has 0 spiro atoms. The molecule has 0 radical (unpaired) electrons. The van der Waals surface area contributed by atoms with Crippen LogP contribution in [0.3, 0.4) is 0 Å². The van der Waals surface area contributed by atoms with Crippen LogP contribution in [0.5, 0.6) is 0 Å². The topological polar surface area (TPSA) is 35.8 Å². The smallest absolute Gasteiger partial charge is 0.0991 e. The van der Waals surface area contributed by atoms with Crippen molar-refractivity contribution in [3.8, 4) is 6.07 Å². The molecule has 4 rings (SSSR count). The molecule has 0 saturated carbocycles. The minimum atomic E-state index is -0.460. The van der Waals surface area contributed by atoms with Crippen LogP contribution in [-0.4, -0.2) is 0 Å². The molecule has 0 amide bonds. The van der Waals surface area contributed by atoms with E-state index < -0.39 is 5.41 Å². The summed E-state index contributed by atoms with van der Waals surface area (Å²) in [7, 11) is 0. The maximum Gasteiger partial charge on any atom is 0.0991 e. The molecule has 1 unspecified atom stereocenters. The number of nitriles is 1. The number of fused-ring (bicyclic) bond motifs is 1. The second-order valence-corrected chi connectivity index (χ2v) is 6.45. The van der Waals surface area contributed by atoms with E-state index in [2.05, 4.69) is 67.4 Å². The maximum atomic E-state index is 9.14. The van der Waals surface area contributed by atoms with Gasteiger partial charge in [-0.3, -0.25) is 0 Å². The zero-order chi connectivity index (χ0) is 17.4. The molecule has 0 aliphatic carbocycles. The number of aryl methyl sites for hydroxylation is 1. The van der Waals surface area contributed by atoms with Gasteiger partial charge in [0.2, 0.25) is 0 Å². The van der Waals surface area contributed by atoms with Crippen LogP contribution in [0.1, 0.15) is 27.8 Å². The minimum Gasteiger partial charge on any atom is -0.358 e. The van der Waals surface area contributed by atoms with Gasteiger partial charge in [-0.05, 0) is 41.8 Å². The van der Waals surface area contributed by atoms with Crippen LogP contribution in [0.25, 0.3) is 0 Å². The fourth-order valence-electron chi connectivity index (χ4n) is 3.76. The van der Waals surface area contributed by atoms with Crippen molar-refractivity contribution >= 4 is 5.69 Å². The molecule has 25 heavy (non-hydrogen) atoms. The average Bonchev–Trinajstić information content (AvgIpc) is 2.95. The lowest BCUT2D eigenvalue weighted by Gasteiger charge is -2.32. The number of allylic oxidation sites excluding steroid dienone is 1. The van der Waals surface area contributed by atoms with E-state index >= 15 is 0 Å². The molecule has 1 aliphatic rings. The van der Waals surface area contributed by atoms with Gasteiger partial charge < -0.3 is 5.32 Å². The second kappa shape index (κ2) is 5.65. The highest BCUT2D eigenvalue weighted by molar-refractivity contribution is 5.76. The number of nitrogens with zero attached hydrogens (tertiary/aromatic N) is 1. The molecular weight excluding hydrogens is 304 g/mol. The van der Waals surface area contributed by atoms with Gasteiger partial charge in [0.1, 0.15) is 0 Å². The molecule has 0 fully saturated rings. The first-order valence-corrected chi connectivity index (χ1v) is 8.30. The monoisotopic (exact) mass is 322 g/mol. The molecule has 0 bridgehead atoms. The Kier molecular flexibility index (Phi) is 3.44. The van der Waals surface area contributed by atoms with Crippen LogP contribution in [0, 0.1) is 18.3 Å². The van der Waals surface area contributed by atoms with Gasteiger partial charge in [0.15, 0.2) is 0 Å². The molecule has 1 N–H and O–H groups in total. The molecule has 1 atom stereocenters. The molecular formula is C23H18N2. The zero-order valence-electron chi connectivity index (χ0n) is 14.1. The van der Waals surface area contributed by atoms with Crippen LogP contribution in [0.4, 0.5) is 5.69 Å². The third-order valence-electron chi connectivity index (χ3n) is 5.00. The molecule has 3 aromatic carbocycles. The normalized spacial score (nSPS) is 18.3. The maximum absolute atomic E-state index is 9.14. The fourth-order valence-corrected chi connectivity index (χ4v) is 3.76. The summed E-state index contributed by atoms with van der Waals surface area (Å²) >= 11 is 0. The summed E-state index contributed by atoms with van der Waals surface area (Å²) in [5.41, 5.74) is 6.91. The minimum absolute atomic E-state index is 0.460. The first-order chi connectivity index (χ1) is 12.2. The molecule has 0 saturated heterocycles. The molecule has 0 aromatic heterocycles. The van der Waals surface area contributed by atoms with Gasteiger partial charge in [-0.2, -0.15) is 5.26 Å². The summed E-state index contributed by atoms with van der Waals surface area (Å²) in [6.07, 6.45) is 0. The third kappa shape index (κ3) is 2.17. The van der Waals surface area contributed by atoms with Crippen LogP contribution < -0.4 is 5.32 Å². The number of anilines is 1. The predicted octanol–water partition coefficient (Wildman–Crippen LogP) is 5.14. The lowest BCUT2D eigenvalue weighted by molar-refractivity contribution is 0.764. The van der Waals surface area contributed by atoms with E-state index in [9.17, 15) is 0 Å². The third-order valence-corrected chi connectivity index (χ3v) is 5.00. The quantitative estimate of drug-likeness (QED) is 0.709. The van der Waals surface area contributed by atoms with Crippen LogP contribution >= 0.6 is 0 Å². The molecule has 2 heteroatoms. The standard InChI is InChI=1S/C23H18N2/c1-16-7-11-19(12-8-16)23(20-13-9-18(15-24)10-14-20)17(2)25-22-6-4-3-5-21(22)23/h3-14,25H,2H2,1H3. The highest BCUT2D eigenvalue weighted by atomic mass is 15.0. The Morgan fingerprint density at radius 3 is 2.12 bits per heavy atom. The van der Waals surface area contributed by atoms with E-state index in [1.165, 1.54) is 16.7 Å². The van der Waals surface area contributed by atoms with Gasteiger partial charge in [0.05, 0.1) is 17.0 Å². The summed E-state index contributed by atoms with van der Waals surface area (Å²) in [6, 6.07) is 26.9. The summed E-state index contributed by atoms with van der Waals surface area (Å²) < 4.78 is 0. The van der Waals surface area contributed by atoms with Crippen molar-refractivity contribution in [3.63, 3.8) is 0 Å². The van der Waals surface area contributed by atoms with E-state index in [1.54, 1.807) is 0 Å². The summed E-state index contributed by atoms with van der Waals surface area (Å²) in [4.78, 5) is 0. The lowest BCUT2D eigenvalue weighted by atomic mass is 9.69. The van der Waals surface area contributed by atoms with Crippen molar-refractivity contribution in [1.29, 1.82) is 5.26 Å². The lowest BCUT2D eigenvalue weighted by Crippen LogP contribution is -2.29. The van der Waals surface area contributed by atoms with Crippen LogP contribution in [-0.2, 0) is 5.41 Å². The molecule has 2 nitrogen and oxygen atoms in total. The molecule has 3 aromatic rings. The second-order valence-electron chi connectivity index (χ2n) is 6.45. The summed E-state index contributed by atoms with van der Waals surface area (Å²) in [6.45, 7) is 6.46. The Balaban J connectivity index is 2.04. The van der Waals surface area contributed by atoms with E-state index in [1.807, 2.05) is 30.3 Å². The number of benzene rings is 3. The van der Waals surface area contributed by atoms with Gasteiger partial charge in [0.25, 0.3) is 0 Å². The van der Waals surface area contributed by atoms with Crippen molar-refractivity contribution in [1.82, 2.24) is 0 Å². The van der Waals surface area contributed by atoms with Crippen molar-refractivity contribution < 1.29 is 0 Å². The van der Waals surface area contributed by atoms with Crippen LogP contribution in [0.15, 0.2) is 85.1 Å². The highest BCUT2D eigenvalue weighted by Gasteiger charge is 2.45. The SMILES string of the molecule is C=C1Nc2ccccc2C1(c1ccc(C)cc1)c1ccc(C#N)cc1. The largest absolute Gasteiger partial charge is 0.358 e. The molecule has 120 valence electrons. The van der Waals surface area contributed by atoms with Gasteiger partial charge in [0, 0.05) is 11.4 Å². The fraction of sp³-hybridized carbons (Fsp3) is 0.0870. The predicted molar refractivity (Wildman–Crippen MR) is 101 cm³/mol. The number of rotatable bonds is 2. The Labute approximate surface area is 148 Å².